The van der Waals surface area contributed by atoms with Crippen molar-refractivity contribution in [3.8, 4) is 0 Å². The Bertz CT molecular complexity index is 609. The van der Waals surface area contributed by atoms with E-state index in [-0.39, 0.29) is 48.0 Å². The maximum Gasteiger partial charge on any atom is 0.213 e. The summed E-state index contributed by atoms with van der Waals surface area (Å²) in [6.45, 7) is 4.22. The molecule has 0 aromatic heterocycles. The van der Waals surface area contributed by atoms with E-state index in [2.05, 4.69) is 19.9 Å². The molecule has 0 radical (unpaired) electrons. The number of rotatable bonds is 7. The van der Waals surface area contributed by atoms with Crippen LogP contribution in [0.3, 0.4) is 0 Å². The fourth-order valence-corrected chi connectivity index (χ4v) is 4.83. The molecule has 3 aliphatic rings. The van der Waals surface area contributed by atoms with Gasteiger partial charge in [0.25, 0.3) is 0 Å². The Balaban J connectivity index is 0.00000300. The minimum Gasteiger partial charge on any atom is -0.377 e. The van der Waals surface area contributed by atoms with Gasteiger partial charge in [0.1, 0.15) is 6.10 Å². The lowest BCUT2D eigenvalue weighted by Crippen LogP contribution is -2.54. The largest absolute Gasteiger partial charge is 0.377 e. The highest BCUT2D eigenvalue weighted by atomic mass is 127. The molecule has 3 unspecified atom stereocenters. The van der Waals surface area contributed by atoms with Crippen LogP contribution < -0.4 is 10.0 Å². The summed E-state index contributed by atoms with van der Waals surface area (Å²) in [6, 6.07) is 0. The average molecular weight is 546 g/mol. The highest BCUT2D eigenvalue weighted by Crippen LogP contribution is 2.21. The van der Waals surface area contributed by atoms with E-state index in [1.54, 1.807) is 7.05 Å². The molecule has 3 rings (SSSR count). The van der Waals surface area contributed by atoms with Crippen LogP contribution in [0.1, 0.15) is 32.1 Å². The number of halogens is 1. The van der Waals surface area contributed by atoms with Crippen molar-refractivity contribution in [1.29, 1.82) is 0 Å². The number of aliphatic imine (C=N–C) groups is 1. The van der Waals surface area contributed by atoms with Gasteiger partial charge in [-0.3, -0.25) is 4.99 Å². The van der Waals surface area contributed by atoms with Crippen molar-refractivity contribution in [2.75, 3.05) is 58.8 Å². The summed E-state index contributed by atoms with van der Waals surface area (Å²) in [7, 11) is -1.64. The van der Waals surface area contributed by atoms with E-state index >= 15 is 0 Å². The lowest BCUT2D eigenvalue weighted by Gasteiger charge is -2.37. The summed E-state index contributed by atoms with van der Waals surface area (Å²) in [6.07, 6.45) is 5.35. The summed E-state index contributed by atoms with van der Waals surface area (Å²) in [5, 5.41) is 3.17. The van der Waals surface area contributed by atoms with E-state index in [1.165, 1.54) is 0 Å². The second kappa shape index (κ2) is 12.6. The van der Waals surface area contributed by atoms with Gasteiger partial charge < -0.3 is 24.4 Å². The summed E-state index contributed by atoms with van der Waals surface area (Å²) >= 11 is 0. The standard InChI is InChI=1S/C18H34N4O5S.HI/c1-19-18(22-8-11-27-17(14-22)16-6-4-10-26-16)20-7-12-28(23,24)21-13-15-5-2-3-9-25-15;/h15-17,21H,2-14H2,1H3,(H,19,20);1H. The van der Waals surface area contributed by atoms with Crippen molar-refractivity contribution in [2.45, 2.75) is 50.4 Å². The van der Waals surface area contributed by atoms with Gasteiger partial charge in [-0.15, -0.1) is 24.0 Å². The summed E-state index contributed by atoms with van der Waals surface area (Å²) in [5.74, 6) is 0.704. The van der Waals surface area contributed by atoms with Gasteiger partial charge in [0.2, 0.25) is 10.0 Å². The smallest absolute Gasteiger partial charge is 0.213 e. The van der Waals surface area contributed by atoms with Crippen LogP contribution in [0.15, 0.2) is 4.99 Å². The predicted molar refractivity (Wildman–Crippen MR) is 122 cm³/mol. The van der Waals surface area contributed by atoms with E-state index in [0.717, 1.165) is 51.9 Å². The van der Waals surface area contributed by atoms with Crippen LogP contribution in [0, 0.1) is 0 Å². The van der Waals surface area contributed by atoms with Gasteiger partial charge in [-0.2, -0.15) is 0 Å². The summed E-state index contributed by atoms with van der Waals surface area (Å²) < 4.78 is 44.3. The van der Waals surface area contributed by atoms with Gasteiger partial charge in [-0.1, -0.05) is 0 Å². The van der Waals surface area contributed by atoms with E-state index in [1.807, 2.05) is 0 Å². The van der Waals surface area contributed by atoms with Gasteiger partial charge in [0, 0.05) is 46.4 Å². The third-order valence-electron chi connectivity index (χ3n) is 5.44. The highest BCUT2D eigenvalue weighted by molar-refractivity contribution is 14.0. The first-order valence-corrected chi connectivity index (χ1v) is 12.0. The second-order valence-corrected chi connectivity index (χ2v) is 9.46. The molecule has 0 saturated carbocycles. The Hall–Kier alpha value is -0.210. The Kier molecular flexibility index (Phi) is 10.9. The number of nitrogens with zero attached hydrogens (tertiary/aromatic N) is 2. The predicted octanol–water partition coefficient (Wildman–Crippen LogP) is 0.548. The third-order valence-corrected chi connectivity index (χ3v) is 6.79. The molecular formula is C18H35IN4O5S. The number of sulfonamides is 1. The zero-order valence-corrected chi connectivity index (χ0v) is 20.3. The Labute approximate surface area is 191 Å². The van der Waals surface area contributed by atoms with Gasteiger partial charge in [-0.05, 0) is 32.1 Å². The van der Waals surface area contributed by atoms with Crippen LogP contribution in [0.4, 0.5) is 0 Å². The number of morpholine rings is 1. The van der Waals surface area contributed by atoms with Gasteiger partial charge in [-0.25, -0.2) is 13.1 Å². The molecular weight excluding hydrogens is 511 g/mol. The van der Waals surface area contributed by atoms with E-state index < -0.39 is 10.0 Å². The molecule has 0 bridgehead atoms. The molecule has 2 N–H and O–H groups in total. The number of guanidine groups is 1. The molecule has 9 nitrogen and oxygen atoms in total. The van der Waals surface area contributed by atoms with Gasteiger partial charge in [0.05, 0.1) is 24.6 Å². The average Bonchev–Trinajstić information content (AvgIpc) is 3.26. The maximum atomic E-state index is 12.2. The molecule has 29 heavy (non-hydrogen) atoms. The van der Waals surface area contributed by atoms with Gasteiger partial charge >= 0.3 is 0 Å². The molecule has 11 heteroatoms. The number of hydrogen-bond donors (Lipinski definition) is 2. The monoisotopic (exact) mass is 546 g/mol. The molecule has 3 fully saturated rings. The first-order chi connectivity index (χ1) is 13.6. The van der Waals surface area contributed by atoms with E-state index in [9.17, 15) is 8.42 Å². The molecule has 3 heterocycles. The van der Waals surface area contributed by atoms with Crippen LogP contribution in [-0.4, -0.2) is 96.4 Å². The lowest BCUT2D eigenvalue weighted by atomic mass is 10.1. The Morgan fingerprint density at radius 3 is 2.55 bits per heavy atom. The molecule has 3 aliphatic heterocycles. The fraction of sp³-hybridized carbons (Fsp3) is 0.944. The fourth-order valence-electron chi connectivity index (χ4n) is 3.88. The third kappa shape index (κ3) is 8.09. The van der Waals surface area contributed by atoms with Crippen molar-refractivity contribution in [3.05, 3.63) is 0 Å². The van der Waals surface area contributed by atoms with Crippen LogP contribution in [-0.2, 0) is 24.2 Å². The number of nitrogens with one attached hydrogen (secondary N) is 2. The zero-order valence-electron chi connectivity index (χ0n) is 17.2. The highest BCUT2D eigenvalue weighted by Gasteiger charge is 2.32. The van der Waals surface area contributed by atoms with Crippen LogP contribution in [0.5, 0.6) is 0 Å². The topological polar surface area (TPSA) is 101 Å². The Morgan fingerprint density at radius 1 is 1.07 bits per heavy atom. The van der Waals surface area contributed by atoms with Gasteiger partial charge in [0.15, 0.2) is 5.96 Å². The summed E-state index contributed by atoms with van der Waals surface area (Å²) in [4.78, 5) is 6.43. The normalized spacial score (nSPS) is 28.8. The Morgan fingerprint density at radius 2 is 1.86 bits per heavy atom. The van der Waals surface area contributed by atoms with Crippen molar-refractivity contribution in [2.24, 2.45) is 4.99 Å². The van der Waals surface area contributed by atoms with Crippen molar-refractivity contribution < 1.29 is 22.6 Å². The van der Waals surface area contributed by atoms with Crippen LogP contribution in [0.25, 0.3) is 0 Å². The SMILES string of the molecule is CN=C(NCCS(=O)(=O)NCC1CCCCO1)N1CCOC(C2CCCO2)C1.I. The second-order valence-electron chi connectivity index (χ2n) is 7.54. The van der Waals surface area contributed by atoms with Crippen molar-refractivity contribution in [1.82, 2.24) is 14.9 Å². The molecule has 0 aromatic rings. The van der Waals surface area contributed by atoms with Crippen molar-refractivity contribution in [3.63, 3.8) is 0 Å². The molecule has 0 amide bonds. The first-order valence-electron chi connectivity index (χ1n) is 10.3. The summed E-state index contributed by atoms with van der Waals surface area (Å²) in [5.41, 5.74) is 0. The molecule has 3 saturated heterocycles. The molecule has 0 aromatic carbocycles. The first kappa shape index (κ1) is 25.1. The van der Waals surface area contributed by atoms with E-state index in [0.29, 0.717) is 32.2 Å². The lowest BCUT2D eigenvalue weighted by molar-refractivity contribution is -0.0816. The number of hydrogen-bond acceptors (Lipinski definition) is 6. The van der Waals surface area contributed by atoms with Crippen molar-refractivity contribution >= 4 is 40.0 Å². The van der Waals surface area contributed by atoms with E-state index in [4.69, 9.17) is 14.2 Å². The zero-order chi connectivity index (χ0) is 19.8. The maximum absolute atomic E-state index is 12.2. The van der Waals surface area contributed by atoms with Crippen LogP contribution in [0.2, 0.25) is 0 Å². The minimum atomic E-state index is -3.35. The molecule has 170 valence electrons. The quantitative estimate of drug-likeness (QED) is 0.273. The minimum absolute atomic E-state index is 0. The molecule has 0 aliphatic carbocycles. The number of ether oxygens (including phenoxy) is 3. The van der Waals surface area contributed by atoms with Crippen LogP contribution >= 0.6 is 24.0 Å². The molecule has 0 spiro atoms. The molecule has 3 atom stereocenters.